The van der Waals surface area contributed by atoms with E-state index in [-0.39, 0.29) is 19.1 Å². The number of carbonyl (C=O) groups is 1. The number of halogens is 1. The number of hydrogen-bond acceptors (Lipinski definition) is 4. The summed E-state index contributed by atoms with van der Waals surface area (Å²) in [6.45, 7) is 0.174. The largest absolute Gasteiger partial charge is 0.495 e. The van der Waals surface area contributed by atoms with Crippen molar-refractivity contribution >= 4 is 23.2 Å². The van der Waals surface area contributed by atoms with Gasteiger partial charge in [0.15, 0.2) is 0 Å². The van der Waals surface area contributed by atoms with Crippen LogP contribution in [0.4, 0.5) is 5.69 Å². The number of morpholine rings is 1. The number of methoxy groups -OCH3 is 1. The summed E-state index contributed by atoms with van der Waals surface area (Å²) >= 11 is 6.01. The quantitative estimate of drug-likeness (QED) is 0.816. The highest BCUT2D eigenvalue weighted by molar-refractivity contribution is 6.32. The molecule has 0 saturated carbocycles. The molecule has 0 bridgehead atoms. The second-order valence-corrected chi connectivity index (χ2v) is 4.15. The van der Waals surface area contributed by atoms with Crippen LogP contribution in [-0.2, 0) is 9.53 Å². The average Bonchev–Trinajstić information content (AvgIpc) is 2.38. The fourth-order valence-corrected chi connectivity index (χ4v) is 2.05. The van der Waals surface area contributed by atoms with Gasteiger partial charge >= 0.3 is 0 Å². The molecule has 1 amide bonds. The van der Waals surface area contributed by atoms with Gasteiger partial charge in [-0.2, -0.15) is 5.26 Å². The second-order valence-electron chi connectivity index (χ2n) is 3.74. The van der Waals surface area contributed by atoms with Crippen LogP contribution in [0.2, 0.25) is 5.02 Å². The first-order chi connectivity index (χ1) is 8.67. The van der Waals surface area contributed by atoms with E-state index in [0.29, 0.717) is 16.5 Å². The Morgan fingerprint density at radius 3 is 3.00 bits per heavy atom. The summed E-state index contributed by atoms with van der Waals surface area (Å²) < 4.78 is 10.1. The maximum atomic E-state index is 11.8. The molecule has 94 valence electrons. The first-order valence-electron chi connectivity index (χ1n) is 5.30. The maximum absolute atomic E-state index is 11.8. The van der Waals surface area contributed by atoms with Crippen LogP contribution in [0.1, 0.15) is 0 Å². The Hall–Kier alpha value is -1.77. The fourth-order valence-electron chi connectivity index (χ4n) is 1.80. The van der Waals surface area contributed by atoms with Crippen molar-refractivity contribution in [3.63, 3.8) is 0 Å². The Labute approximate surface area is 109 Å². The molecule has 1 fully saturated rings. The van der Waals surface area contributed by atoms with E-state index in [2.05, 4.69) is 0 Å². The van der Waals surface area contributed by atoms with Crippen molar-refractivity contribution in [1.82, 2.24) is 0 Å². The molecule has 1 aliphatic heterocycles. The van der Waals surface area contributed by atoms with Crippen LogP contribution in [0.3, 0.4) is 0 Å². The number of benzene rings is 1. The van der Waals surface area contributed by atoms with E-state index < -0.39 is 6.04 Å². The van der Waals surface area contributed by atoms with Gasteiger partial charge in [-0.3, -0.25) is 9.69 Å². The number of carbonyl (C=O) groups excluding carboxylic acids is 1. The molecular weight excluding hydrogens is 256 g/mol. The summed E-state index contributed by atoms with van der Waals surface area (Å²) in [5.41, 5.74) is 0.570. The normalized spacial score (nSPS) is 19.5. The zero-order chi connectivity index (χ0) is 13.1. The number of nitrogens with zero attached hydrogens (tertiary/aromatic N) is 2. The van der Waals surface area contributed by atoms with E-state index in [4.69, 9.17) is 26.3 Å². The van der Waals surface area contributed by atoms with Gasteiger partial charge in [0.2, 0.25) is 0 Å². The minimum Gasteiger partial charge on any atom is -0.495 e. The number of hydrogen-bond donors (Lipinski definition) is 0. The van der Waals surface area contributed by atoms with Gasteiger partial charge in [-0.15, -0.1) is 0 Å². The summed E-state index contributed by atoms with van der Waals surface area (Å²) in [4.78, 5) is 13.2. The molecule has 0 aromatic heterocycles. The van der Waals surface area contributed by atoms with Crippen molar-refractivity contribution < 1.29 is 14.3 Å². The number of nitriles is 1. The molecule has 5 nitrogen and oxygen atoms in total. The van der Waals surface area contributed by atoms with Crippen molar-refractivity contribution in [2.75, 3.05) is 25.2 Å². The second kappa shape index (κ2) is 5.25. The lowest BCUT2D eigenvalue weighted by Crippen LogP contribution is -2.49. The van der Waals surface area contributed by atoms with E-state index in [9.17, 15) is 4.79 Å². The molecule has 1 atom stereocenters. The Morgan fingerprint density at radius 1 is 1.61 bits per heavy atom. The molecule has 1 unspecified atom stereocenters. The molecule has 2 rings (SSSR count). The molecular formula is C12H11ClN2O3. The summed E-state index contributed by atoms with van der Waals surface area (Å²) in [7, 11) is 1.51. The third-order valence-corrected chi connectivity index (χ3v) is 2.94. The zero-order valence-electron chi connectivity index (χ0n) is 9.72. The Balaban J connectivity index is 2.37. The minimum absolute atomic E-state index is 0.0260. The van der Waals surface area contributed by atoms with Crippen LogP contribution in [0.25, 0.3) is 0 Å². The summed E-state index contributed by atoms with van der Waals surface area (Å²) in [5, 5.41) is 9.42. The lowest BCUT2D eigenvalue weighted by atomic mass is 10.2. The lowest BCUT2D eigenvalue weighted by Gasteiger charge is -2.31. The first kappa shape index (κ1) is 12.7. The standard InChI is InChI=1S/C12H11ClN2O3/c1-17-11-3-2-8(4-10(11)13)15-9(5-14)6-18-7-12(15)16/h2-4,9H,6-7H2,1H3. The highest BCUT2D eigenvalue weighted by Gasteiger charge is 2.30. The number of ether oxygens (including phenoxy) is 2. The molecule has 18 heavy (non-hydrogen) atoms. The smallest absolute Gasteiger partial charge is 0.254 e. The molecule has 0 aliphatic carbocycles. The van der Waals surface area contributed by atoms with E-state index >= 15 is 0 Å². The van der Waals surface area contributed by atoms with Crippen LogP contribution in [0.15, 0.2) is 18.2 Å². The SMILES string of the molecule is COc1ccc(N2C(=O)COCC2C#N)cc1Cl. The maximum Gasteiger partial charge on any atom is 0.254 e. The van der Waals surface area contributed by atoms with Crippen LogP contribution in [-0.4, -0.2) is 32.3 Å². The fraction of sp³-hybridized carbons (Fsp3) is 0.333. The van der Waals surface area contributed by atoms with E-state index in [0.717, 1.165) is 0 Å². The summed E-state index contributed by atoms with van der Waals surface area (Å²) in [6, 6.07) is 6.37. The van der Waals surface area contributed by atoms with Crippen molar-refractivity contribution in [3.8, 4) is 11.8 Å². The highest BCUT2D eigenvalue weighted by atomic mass is 35.5. The van der Waals surface area contributed by atoms with E-state index in [1.807, 2.05) is 6.07 Å². The molecule has 1 aromatic carbocycles. The first-order valence-corrected chi connectivity index (χ1v) is 5.68. The lowest BCUT2D eigenvalue weighted by molar-refractivity contribution is -0.126. The summed E-state index contributed by atoms with van der Waals surface area (Å²) in [6.07, 6.45) is 0. The highest BCUT2D eigenvalue weighted by Crippen LogP contribution is 2.30. The van der Waals surface area contributed by atoms with E-state index in [1.165, 1.54) is 12.0 Å². The predicted octanol–water partition coefficient (Wildman–Crippen LogP) is 1.60. The van der Waals surface area contributed by atoms with Gasteiger partial charge in [0.1, 0.15) is 18.4 Å². The molecule has 1 saturated heterocycles. The van der Waals surface area contributed by atoms with Gasteiger partial charge in [-0.1, -0.05) is 11.6 Å². The van der Waals surface area contributed by atoms with Crippen LogP contribution in [0, 0.1) is 11.3 Å². The van der Waals surface area contributed by atoms with Crippen molar-refractivity contribution in [1.29, 1.82) is 5.26 Å². The van der Waals surface area contributed by atoms with Crippen LogP contribution in [0.5, 0.6) is 5.75 Å². The summed E-state index contributed by atoms with van der Waals surface area (Å²) in [5.74, 6) is 0.267. The van der Waals surface area contributed by atoms with Crippen LogP contribution >= 0.6 is 11.6 Å². The van der Waals surface area contributed by atoms with Crippen molar-refractivity contribution in [2.45, 2.75) is 6.04 Å². The van der Waals surface area contributed by atoms with Crippen LogP contribution < -0.4 is 9.64 Å². The van der Waals surface area contributed by atoms with Gasteiger partial charge in [-0.05, 0) is 18.2 Å². The van der Waals surface area contributed by atoms with Crippen molar-refractivity contribution in [2.24, 2.45) is 0 Å². The number of anilines is 1. The molecule has 0 spiro atoms. The molecule has 0 radical (unpaired) electrons. The Morgan fingerprint density at radius 2 is 2.39 bits per heavy atom. The molecule has 1 heterocycles. The topological polar surface area (TPSA) is 62.6 Å². The third-order valence-electron chi connectivity index (χ3n) is 2.64. The van der Waals surface area contributed by atoms with E-state index in [1.54, 1.807) is 18.2 Å². The Kier molecular flexibility index (Phi) is 3.70. The number of amides is 1. The van der Waals surface area contributed by atoms with Gasteiger partial charge in [0.05, 0.1) is 24.8 Å². The Bertz CT molecular complexity index is 513. The monoisotopic (exact) mass is 266 g/mol. The van der Waals surface area contributed by atoms with Gasteiger partial charge in [0.25, 0.3) is 5.91 Å². The van der Waals surface area contributed by atoms with Gasteiger partial charge in [0, 0.05) is 5.69 Å². The molecule has 1 aliphatic rings. The minimum atomic E-state index is -0.629. The number of rotatable bonds is 2. The van der Waals surface area contributed by atoms with Gasteiger partial charge < -0.3 is 9.47 Å². The average molecular weight is 267 g/mol. The molecule has 6 heteroatoms. The molecule has 1 aromatic rings. The third kappa shape index (κ3) is 2.26. The zero-order valence-corrected chi connectivity index (χ0v) is 10.5. The van der Waals surface area contributed by atoms with Crippen molar-refractivity contribution in [3.05, 3.63) is 23.2 Å². The molecule has 0 N–H and O–H groups in total. The van der Waals surface area contributed by atoms with Gasteiger partial charge in [-0.25, -0.2) is 0 Å². The predicted molar refractivity (Wildman–Crippen MR) is 65.7 cm³/mol.